The van der Waals surface area contributed by atoms with E-state index in [4.69, 9.17) is 9.84 Å². The van der Waals surface area contributed by atoms with E-state index in [9.17, 15) is 4.79 Å². The zero-order valence-corrected chi connectivity index (χ0v) is 11.4. The van der Waals surface area contributed by atoms with Crippen LogP contribution in [0.15, 0.2) is 36.8 Å². The molecule has 2 aromatic rings. The molecule has 0 aliphatic heterocycles. The van der Waals surface area contributed by atoms with Gasteiger partial charge in [-0.15, -0.1) is 0 Å². The molecule has 0 spiro atoms. The van der Waals surface area contributed by atoms with E-state index in [1.807, 2.05) is 29.8 Å². The van der Waals surface area contributed by atoms with Crippen LogP contribution in [0.4, 0.5) is 0 Å². The summed E-state index contributed by atoms with van der Waals surface area (Å²) in [6.45, 7) is 2.05. The monoisotopic (exact) mass is 272 g/mol. The van der Waals surface area contributed by atoms with Crippen LogP contribution in [0.25, 0.3) is 11.8 Å². The summed E-state index contributed by atoms with van der Waals surface area (Å²) in [4.78, 5) is 14.8. The fourth-order valence-electron chi connectivity index (χ4n) is 1.86. The number of carbonyl (C=O) groups is 1. The number of hydrogen-bond acceptors (Lipinski definition) is 3. The molecule has 1 aromatic carbocycles. The van der Waals surface area contributed by atoms with Crippen molar-refractivity contribution in [2.75, 3.05) is 7.11 Å². The van der Waals surface area contributed by atoms with E-state index in [0.717, 1.165) is 29.4 Å². The van der Waals surface area contributed by atoms with Crippen molar-refractivity contribution in [3.63, 3.8) is 0 Å². The maximum absolute atomic E-state index is 10.5. The van der Waals surface area contributed by atoms with E-state index >= 15 is 0 Å². The van der Waals surface area contributed by atoms with E-state index in [1.54, 1.807) is 19.5 Å². The van der Waals surface area contributed by atoms with Crippen molar-refractivity contribution in [2.24, 2.45) is 0 Å². The van der Waals surface area contributed by atoms with E-state index in [-0.39, 0.29) is 0 Å². The molecule has 0 fully saturated rings. The first kappa shape index (κ1) is 13.9. The molecule has 5 heteroatoms. The molecule has 1 aromatic heterocycles. The number of methoxy groups -OCH3 is 1. The average molecular weight is 272 g/mol. The Balaban J connectivity index is 2.37. The van der Waals surface area contributed by atoms with Crippen molar-refractivity contribution in [3.05, 3.63) is 48.1 Å². The molecule has 1 heterocycles. The van der Waals surface area contributed by atoms with Crippen LogP contribution in [0.5, 0.6) is 5.75 Å². The molecule has 1 N–H and O–H groups in total. The van der Waals surface area contributed by atoms with Crippen LogP contribution in [-0.2, 0) is 11.2 Å². The second-order valence-corrected chi connectivity index (χ2v) is 4.23. The average Bonchev–Trinajstić information content (AvgIpc) is 2.93. The lowest BCUT2D eigenvalue weighted by Crippen LogP contribution is -1.96. The Morgan fingerprint density at radius 2 is 2.30 bits per heavy atom. The topological polar surface area (TPSA) is 64.4 Å². The van der Waals surface area contributed by atoms with Crippen molar-refractivity contribution >= 4 is 12.0 Å². The van der Waals surface area contributed by atoms with Crippen LogP contribution in [0.1, 0.15) is 18.2 Å². The quantitative estimate of drug-likeness (QED) is 0.849. The Morgan fingerprint density at radius 1 is 1.50 bits per heavy atom. The van der Waals surface area contributed by atoms with Gasteiger partial charge < -0.3 is 14.4 Å². The summed E-state index contributed by atoms with van der Waals surface area (Å²) >= 11 is 0. The minimum Gasteiger partial charge on any atom is -0.495 e. The molecule has 0 bridgehead atoms. The van der Waals surface area contributed by atoms with Crippen molar-refractivity contribution < 1.29 is 14.6 Å². The minimum atomic E-state index is -0.977. The van der Waals surface area contributed by atoms with Gasteiger partial charge in [-0.3, -0.25) is 0 Å². The normalized spacial score (nSPS) is 10.9. The lowest BCUT2D eigenvalue weighted by atomic mass is 10.1. The van der Waals surface area contributed by atoms with Crippen LogP contribution in [0.3, 0.4) is 0 Å². The van der Waals surface area contributed by atoms with Gasteiger partial charge in [-0.1, -0.05) is 13.0 Å². The molecule has 0 aliphatic rings. The highest BCUT2D eigenvalue weighted by Gasteiger charge is 2.07. The molecule has 0 saturated heterocycles. The number of aliphatic carboxylic acids is 1. The Hall–Kier alpha value is -2.56. The number of ether oxygens (including phenoxy) is 1. The summed E-state index contributed by atoms with van der Waals surface area (Å²) < 4.78 is 7.25. The lowest BCUT2D eigenvalue weighted by molar-refractivity contribution is -0.131. The molecule has 104 valence electrons. The molecule has 0 amide bonds. The molecule has 0 aliphatic carbocycles. The number of imidazole rings is 1. The van der Waals surface area contributed by atoms with E-state index in [0.29, 0.717) is 5.75 Å². The van der Waals surface area contributed by atoms with Gasteiger partial charge in [0.05, 0.1) is 24.8 Å². The van der Waals surface area contributed by atoms with Gasteiger partial charge in [0.2, 0.25) is 0 Å². The summed E-state index contributed by atoms with van der Waals surface area (Å²) in [5.74, 6) is -0.312. The molecular formula is C15H16N2O3. The Bertz CT molecular complexity index is 644. The molecule has 0 radical (unpaired) electrons. The minimum absolute atomic E-state index is 0.664. The molecule has 20 heavy (non-hydrogen) atoms. The number of nitrogens with zero attached hydrogens (tertiary/aromatic N) is 2. The number of rotatable bonds is 5. The molecule has 5 nitrogen and oxygen atoms in total. The first-order valence-corrected chi connectivity index (χ1v) is 6.26. The Morgan fingerprint density at radius 3 is 2.90 bits per heavy atom. The fraction of sp³-hybridized carbons (Fsp3) is 0.200. The third-order valence-electron chi connectivity index (χ3n) is 2.90. The van der Waals surface area contributed by atoms with Crippen molar-refractivity contribution in [3.8, 4) is 11.4 Å². The maximum atomic E-state index is 10.5. The summed E-state index contributed by atoms with van der Waals surface area (Å²) in [5.41, 5.74) is 2.64. The molecule has 2 rings (SSSR count). The molecular weight excluding hydrogens is 256 g/mol. The van der Waals surface area contributed by atoms with Gasteiger partial charge in [0, 0.05) is 12.3 Å². The summed E-state index contributed by atoms with van der Waals surface area (Å²) in [7, 11) is 1.58. The molecule has 0 saturated carbocycles. The predicted molar refractivity (Wildman–Crippen MR) is 76.2 cm³/mol. The Kier molecular flexibility index (Phi) is 4.20. The number of hydrogen-bond donors (Lipinski definition) is 1. The number of benzene rings is 1. The third-order valence-corrected chi connectivity index (χ3v) is 2.90. The van der Waals surface area contributed by atoms with E-state index in [1.165, 1.54) is 6.08 Å². The van der Waals surface area contributed by atoms with E-state index in [2.05, 4.69) is 4.98 Å². The van der Waals surface area contributed by atoms with Crippen molar-refractivity contribution in [2.45, 2.75) is 13.3 Å². The fourth-order valence-corrected chi connectivity index (χ4v) is 1.86. The highest BCUT2D eigenvalue weighted by Crippen LogP contribution is 2.25. The smallest absolute Gasteiger partial charge is 0.328 e. The zero-order chi connectivity index (χ0) is 14.5. The zero-order valence-electron chi connectivity index (χ0n) is 11.4. The Labute approximate surface area is 117 Å². The van der Waals surface area contributed by atoms with Crippen LogP contribution in [0, 0.1) is 0 Å². The molecule has 0 atom stereocenters. The van der Waals surface area contributed by atoms with Crippen molar-refractivity contribution in [1.82, 2.24) is 9.55 Å². The van der Waals surface area contributed by atoms with E-state index < -0.39 is 5.97 Å². The third kappa shape index (κ3) is 3.06. The first-order valence-electron chi connectivity index (χ1n) is 6.26. The summed E-state index contributed by atoms with van der Waals surface area (Å²) in [5, 5.41) is 8.63. The van der Waals surface area contributed by atoms with Gasteiger partial charge >= 0.3 is 5.97 Å². The predicted octanol–water partition coefficient (Wildman–Crippen LogP) is 2.54. The number of aryl methyl sites for hydroxylation is 1. The second kappa shape index (κ2) is 6.06. The summed E-state index contributed by atoms with van der Waals surface area (Å²) in [6, 6.07) is 5.50. The standard InChI is InChI=1S/C15H16N2O3/c1-3-12-9-17(10-16-12)13-6-4-11(5-7-15(18)19)8-14(13)20-2/h4-10H,3H2,1-2H3,(H,18,19)/b7-5+. The van der Waals surface area contributed by atoms with Crippen LogP contribution in [-0.4, -0.2) is 27.7 Å². The second-order valence-electron chi connectivity index (χ2n) is 4.23. The van der Waals surface area contributed by atoms with Gasteiger partial charge in [0.1, 0.15) is 5.75 Å². The van der Waals surface area contributed by atoms with Crippen LogP contribution in [0.2, 0.25) is 0 Å². The van der Waals surface area contributed by atoms with Crippen LogP contribution >= 0.6 is 0 Å². The van der Waals surface area contributed by atoms with Crippen molar-refractivity contribution in [1.29, 1.82) is 0 Å². The van der Waals surface area contributed by atoms with Crippen LogP contribution < -0.4 is 4.74 Å². The van der Waals surface area contributed by atoms with Gasteiger partial charge in [0.25, 0.3) is 0 Å². The van der Waals surface area contributed by atoms with Gasteiger partial charge in [-0.2, -0.15) is 0 Å². The lowest BCUT2D eigenvalue weighted by Gasteiger charge is -2.09. The number of carboxylic acids is 1. The molecule has 0 unspecified atom stereocenters. The largest absolute Gasteiger partial charge is 0.495 e. The highest BCUT2D eigenvalue weighted by molar-refractivity contribution is 5.85. The number of carboxylic acid groups (broad SMARTS) is 1. The summed E-state index contributed by atoms with van der Waals surface area (Å²) in [6.07, 6.45) is 7.18. The highest BCUT2D eigenvalue weighted by atomic mass is 16.5. The number of aromatic nitrogens is 2. The van der Waals surface area contributed by atoms with Gasteiger partial charge in [-0.25, -0.2) is 9.78 Å². The van der Waals surface area contributed by atoms with Gasteiger partial charge in [0.15, 0.2) is 0 Å². The SMILES string of the molecule is CCc1cn(-c2ccc(/C=C/C(=O)O)cc2OC)cn1. The first-order chi connectivity index (χ1) is 9.63. The van der Waals surface area contributed by atoms with Gasteiger partial charge in [-0.05, 0) is 30.2 Å². The maximum Gasteiger partial charge on any atom is 0.328 e.